The lowest BCUT2D eigenvalue weighted by Gasteiger charge is -2.10. The quantitative estimate of drug-likeness (QED) is 0.904. The second kappa shape index (κ2) is 5.91. The van der Waals surface area contributed by atoms with Crippen LogP contribution in [0, 0.1) is 6.92 Å². The predicted octanol–water partition coefficient (Wildman–Crippen LogP) is 2.70. The van der Waals surface area contributed by atoms with Gasteiger partial charge in [-0.25, -0.2) is 0 Å². The SMILES string of the molecule is Cc1cc(Cl)cc(C(=O)NCC(O)c2ccco2)c1. The van der Waals surface area contributed by atoms with Crippen molar-refractivity contribution >= 4 is 17.5 Å². The summed E-state index contributed by atoms with van der Waals surface area (Å²) in [4.78, 5) is 11.9. The van der Waals surface area contributed by atoms with E-state index in [9.17, 15) is 9.90 Å². The fraction of sp³-hybridized carbons (Fsp3) is 0.214. The Labute approximate surface area is 116 Å². The topological polar surface area (TPSA) is 62.5 Å². The summed E-state index contributed by atoms with van der Waals surface area (Å²) in [5.41, 5.74) is 1.38. The molecule has 4 nitrogen and oxygen atoms in total. The van der Waals surface area contributed by atoms with E-state index in [0.717, 1.165) is 5.56 Å². The Bertz CT molecular complexity index is 546. The Hall–Kier alpha value is -1.78. The number of aryl methyl sites for hydroxylation is 1. The molecule has 19 heavy (non-hydrogen) atoms. The van der Waals surface area contributed by atoms with Gasteiger partial charge in [-0.2, -0.15) is 0 Å². The highest BCUT2D eigenvalue weighted by atomic mass is 35.5. The van der Waals surface area contributed by atoms with Crippen molar-refractivity contribution in [3.8, 4) is 0 Å². The van der Waals surface area contributed by atoms with E-state index in [0.29, 0.717) is 16.3 Å². The highest BCUT2D eigenvalue weighted by Crippen LogP contribution is 2.15. The van der Waals surface area contributed by atoms with Gasteiger partial charge >= 0.3 is 0 Å². The van der Waals surface area contributed by atoms with Gasteiger partial charge in [0.05, 0.1) is 12.8 Å². The number of hydrogen-bond acceptors (Lipinski definition) is 3. The van der Waals surface area contributed by atoms with E-state index >= 15 is 0 Å². The highest BCUT2D eigenvalue weighted by molar-refractivity contribution is 6.31. The Balaban J connectivity index is 1.98. The number of carbonyl (C=O) groups excluding carboxylic acids is 1. The third kappa shape index (κ3) is 3.59. The molecule has 0 fully saturated rings. The molecule has 1 aromatic carbocycles. The number of nitrogens with one attached hydrogen (secondary N) is 1. The molecule has 0 aliphatic heterocycles. The number of halogens is 1. The first-order valence-electron chi connectivity index (χ1n) is 5.83. The second-order valence-electron chi connectivity index (χ2n) is 4.26. The van der Waals surface area contributed by atoms with Gasteiger partial charge in [0.25, 0.3) is 5.91 Å². The molecule has 0 saturated heterocycles. The normalized spacial score (nSPS) is 12.2. The molecule has 2 aromatic rings. The van der Waals surface area contributed by atoms with Crippen LogP contribution < -0.4 is 5.32 Å². The number of aliphatic hydroxyl groups is 1. The van der Waals surface area contributed by atoms with Gasteiger partial charge in [-0.3, -0.25) is 4.79 Å². The van der Waals surface area contributed by atoms with Crippen LogP contribution in [0.25, 0.3) is 0 Å². The van der Waals surface area contributed by atoms with E-state index in [2.05, 4.69) is 5.32 Å². The van der Waals surface area contributed by atoms with E-state index in [1.165, 1.54) is 6.26 Å². The monoisotopic (exact) mass is 279 g/mol. The number of benzene rings is 1. The van der Waals surface area contributed by atoms with E-state index < -0.39 is 6.10 Å². The average molecular weight is 280 g/mol. The standard InChI is InChI=1S/C14H14ClNO3/c1-9-5-10(7-11(15)6-9)14(18)16-8-12(17)13-3-2-4-19-13/h2-7,12,17H,8H2,1H3,(H,16,18). The number of aliphatic hydroxyl groups excluding tert-OH is 1. The van der Waals surface area contributed by atoms with Gasteiger partial charge in [-0.1, -0.05) is 11.6 Å². The molecule has 2 N–H and O–H groups in total. The third-order valence-electron chi connectivity index (χ3n) is 2.63. The van der Waals surface area contributed by atoms with Crippen molar-refractivity contribution in [2.24, 2.45) is 0 Å². The molecular formula is C14H14ClNO3. The molecule has 0 bridgehead atoms. The second-order valence-corrected chi connectivity index (χ2v) is 4.69. The molecule has 1 aromatic heterocycles. The van der Waals surface area contributed by atoms with Crippen LogP contribution in [0.2, 0.25) is 5.02 Å². The maximum absolute atomic E-state index is 11.9. The zero-order valence-corrected chi connectivity index (χ0v) is 11.1. The molecule has 0 aliphatic carbocycles. The molecule has 0 saturated carbocycles. The van der Waals surface area contributed by atoms with Crippen LogP contribution in [-0.4, -0.2) is 17.6 Å². The largest absolute Gasteiger partial charge is 0.467 e. The molecule has 1 amide bonds. The third-order valence-corrected chi connectivity index (χ3v) is 2.85. The Kier molecular flexibility index (Phi) is 4.24. The molecular weight excluding hydrogens is 266 g/mol. The van der Waals surface area contributed by atoms with Crippen molar-refractivity contribution in [2.45, 2.75) is 13.0 Å². The number of carbonyl (C=O) groups is 1. The molecule has 1 atom stereocenters. The lowest BCUT2D eigenvalue weighted by atomic mass is 10.1. The van der Waals surface area contributed by atoms with Gasteiger partial charge in [0.15, 0.2) is 0 Å². The Morgan fingerprint density at radius 2 is 2.26 bits per heavy atom. The zero-order chi connectivity index (χ0) is 13.8. The first-order chi connectivity index (χ1) is 9.06. The van der Waals surface area contributed by atoms with E-state index in [1.807, 2.05) is 6.92 Å². The summed E-state index contributed by atoms with van der Waals surface area (Å²) < 4.78 is 5.05. The number of furan rings is 1. The first kappa shape index (κ1) is 13.6. The minimum absolute atomic E-state index is 0.0813. The zero-order valence-electron chi connectivity index (χ0n) is 10.4. The van der Waals surface area contributed by atoms with Crippen LogP contribution in [0.4, 0.5) is 0 Å². The molecule has 1 heterocycles. The van der Waals surface area contributed by atoms with Crippen molar-refractivity contribution in [3.05, 3.63) is 58.5 Å². The highest BCUT2D eigenvalue weighted by Gasteiger charge is 2.13. The molecule has 0 aliphatic rings. The van der Waals surface area contributed by atoms with Crippen LogP contribution in [0.1, 0.15) is 27.8 Å². The number of hydrogen-bond donors (Lipinski definition) is 2. The molecule has 5 heteroatoms. The van der Waals surface area contributed by atoms with Gasteiger partial charge in [-0.15, -0.1) is 0 Å². The van der Waals surface area contributed by atoms with E-state index in [4.69, 9.17) is 16.0 Å². The summed E-state index contributed by atoms with van der Waals surface area (Å²) in [6, 6.07) is 8.43. The molecule has 100 valence electrons. The average Bonchev–Trinajstić information content (AvgIpc) is 2.88. The minimum atomic E-state index is -0.862. The van der Waals surface area contributed by atoms with Crippen LogP contribution in [0.15, 0.2) is 41.0 Å². The summed E-state index contributed by atoms with van der Waals surface area (Å²) in [5.74, 6) is 0.138. The van der Waals surface area contributed by atoms with Crippen LogP contribution in [0.5, 0.6) is 0 Å². The van der Waals surface area contributed by atoms with Gasteiger partial charge < -0.3 is 14.8 Å². The molecule has 1 unspecified atom stereocenters. The fourth-order valence-electron chi connectivity index (χ4n) is 1.74. The summed E-state index contributed by atoms with van der Waals surface area (Å²) in [6.45, 7) is 1.94. The van der Waals surface area contributed by atoms with Crippen molar-refractivity contribution < 1.29 is 14.3 Å². The lowest BCUT2D eigenvalue weighted by molar-refractivity contribution is 0.0901. The van der Waals surface area contributed by atoms with Crippen molar-refractivity contribution in [1.29, 1.82) is 0 Å². The van der Waals surface area contributed by atoms with Gasteiger partial charge in [0.2, 0.25) is 0 Å². The maximum atomic E-state index is 11.9. The first-order valence-corrected chi connectivity index (χ1v) is 6.21. The smallest absolute Gasteiger partial charge is 0.251 e. The Morgan fingerprint density at radius 3 is 2.89 bits per heavy atom. The van der Waals surface area contributed by atoms with Crippen molar-refractivity contribution in [3.63, 3.8) is 0 Å². The fourth-order valence-corrected chi connectivity index (χ4v) is 2.03. The van der Waals surface area contributed by atoms with Gasteiger partial charge in [-0.05, 0) is 42.8 Å². The summed E-state index contributed by atoms with van der Waals surface area (Å²) in [7, 11) is 0. The summed E-state index contributed by atoms with van der Waals surface area (Å²) in [5, 5.41) is 12.9. The van der Waals surface area contributed by atoms with Gasteiger partial charge in [0, 0.05) is 10.6 Å². The number of amides is 1. The minimum Gasteiger partial charge on any atom is -0.467 e. The van der Waals surface area contributed by atoms with Gasteiger partial charge in [0.1, 0.15) is 11.9 Å². The summed E-state index contributed by atoms with van der Waals surface area (Å²) >= 11 is 5.89. The molecule has 2 rings (SSSR count). The van der Waals surface area contributed by atoms with E-state index in [1.54, 1.807) is 30.3 Å². The maximum Gasteiger partial charge on any atom is 0.251 e. The van der Waals surface area contributed by atoms with Crippen LogP contribution >= 0.6 is 11.6 Å². The van der Waals surface area contributed by atoms with E-state index in [-0.39, 0.29) is 12.5 Å². The summed E-state index contributed by atoms with van der Waals surface area (Å²) in [6.07, 6.45) is 0.611. The lowest BCUT2D eigenvalue weighted by Crippen LogP contribution is -2.28. The number of rotatable bonds is 4. The molecule has 0 spiro atoms. The Morgan fingerprint density at radius 1 is 1.47 bits per heavy atom. The predicted molar refractivity (Wildman–Crippen MR) is 72.2 cm³/mol. The van der Waals surface area contributed by atoms with Crippen LogP contribution in [0.3, 0.4) is 0 Å². The molecule has 0 radical (unpaired) electrons. The van der Waals surface area contributed by atoms with Crippen LogP contribution in [-0.2, 0) is 0 Å². The van der Waals surface area contributed by atoms with Crippen molar-refractivity contribution in [2.75, 3.05) is 6.54 Å². The van der Waals surface area contributed by atoms with Crippen molar-refractivity contribution in [1.82, 2.24) is 5.32 Å².